The number of nitrogens with zero attached hydrogens (tertiary/aromatic N) is 2. The summed E-state index contributed by atoms with van der Waals surface area (Å²) in [4.78, 5) is 29.3. The van der Waals surface area contributed by atoms with Gasteiger partial charge in [0.2, 0.25) is 5.56 Å². The molecule has 2 aromatic rings. The van der Waals surface area contributed by atoms with Crippen molar-refractivity contribution in [3.05, 3.63) is 53.0 Å². The maximum absolute atomic E-state index is 11.8. The summed E-state index contributed by atoms with van der Waals surface area (Å²) >= 11 is 0. The Bertz CT molecular complexity index is 574. The number of rotatable bonds is 4. The monoisotopic (exact) mass is 246 g/mol. The SMILES string of the molecule is CC(Cn1ccnc1)NC(=O)c1cc[nH]c(=O)c1. The fourth-order valence-corrected chi connectivity index (χ4v) is 1.65. The van der Waals surface area contributed by atoms with Crippen LogP contribution in [0.3, 0.4) is 0 Å². The molecule has 1 unspecified atom stereocenters. The number of carbonyl (C=O) groups excluding carboxylic acids is 1. The van der Waals surface area contributed by atoms with Gasteiger partial charge in [-0.3, -0.25) is 9.59 Å². The second kappa shape index (κ2) is 5.31. The minimum atomic E-state index is -0.287. The van der Waals surface area contributed by atoms with Crippen molar-refractivity contribution >= 4 is 5.91 Å². The van der Waals surface area contributed by atoms with Crippen molar-refractivity contribution in [3.8, 4) is 0 Å². The fraction of sp³-hybridized carbons (Fsp3) is 0.250. The highest BCUT2D eigenvalue weighted by atomic mass is 16.2. The summed E-state index contributed by atoms with van der Waals surface area (Å²) in [6.45, 7) is 2.53. The highest BCUT2D eigenvalue weighted by Crippen LogP contribution is 1.96. The molecule has 0 fully saturated rings. The molecule has 0 saturated heterocycles. The Kier molecular flexibility index (Phi) is 3.57. The number of imidazole rings is 1. The van der Waals surface area contributed by atoms with Gasteiger partial charge in [0.25, 0.3) is 5.91 Å². The predicted molar refractivity (Wildman–Crippen MR) is 66.2 cm³/mol. The minimum absolute atomic E-state index is 0.0500. The molecule has 2 rings (SSSR count). The van der Waals surface area contributed by atoms with Crippen LogP contribution in [0.2, 0.25) is 0 Å². The summed E-state index contributed by atoms with van der Waals surface area (Å²) in [5.74, 6) is -0.256. The van der Waals surface area contributed by atoms with Crippen molar-refractivity contribution in [1.82, 2.24) is 19.9 Å². The average molecular weight is 246 g/mol. The Morgan fingerprint density at radius 1 is 1.61 bits per heavy atom. The largest absolute Gasteiger partial charge is 0.348 e. The van der Waals surface area contributed by atoms with Gasteiger partial charge in [0, 0.05) is 42.8 Å². The molecule has 6 nitrogen and oxygen atoms in total. The van der Waals surface area contributed by atoms with Crippen molar-refractivity contribution in [2.24, 2.45) is 0 Å². The smallest absolute Gasteiger partial charge is 0.251 e. The Morgan fingerprint density at radius 2 is 2.44 bits per heavy atom. The number of hydrogen-bond acceptors (Lipinski definition) is 3. The summed E-state index contributed by atoms with van der Waals surface area (Å²) in [5, 5.41) is 2.82. The minimum Gasteiger partial charge on any atom is -0.348 e. The standard InChI is InChI=1S/C12H14N4O2/c1-9(7-16-5-4-13-8-16)15-12(18)10-2-3-14-11(17)6-10/h2-6,8-9H,7H2,1H3,(H,14,17)(H,15,18). The van der Waals surface area contributed by atoms with Gasteiger partial charge in [-0.25, -0.2) is 4.98 Å². The topological polar surface area (TPSA) is 79.8 Å². The lowest BCUT2D eigenvalue weighted by atomic mass is 10.2. The summed E-state index contributed by atoms with van der Waals surface area (Å²) < 4.78 is 1.88. The molecule has 0 aliphatic carbocycles. The Morgan fingerprint density at radius 3 is 3.11 bits per heavy atom. The molecule has 0 bridgehead atoms. The Hall–Kier alpha value is -2.37. The van der Waals surface area contributed by atoms with E-state index in [-0.39, 0.29) is 17.5 Å². The first-order chi connectivity index (χ1) is 8.65. The first kappa shape index (κ1) is 12.1. The van der Waals surface area contributed by atoms with E-state index < -0.39 is 0 Å². The number of amides is 1. The van der Waals surface area contributed by atoms with Gasteiger partial charge in [-0.1, -0.05) is 0 Å². The Balaban J connectivity index is 1.97. The summed E-state index contributed by atoms with van der Waals surface area (Å²) in [7, 11) is 0. The fourth-order valence-electron chi connectivity index (χ4n) is 1.65. The molecule has 2 aromatic heterocycles. The average Bonchev–Trinajstić information content (AvgIpc) is 2.81. The second-order valence-corrected chi connectivity index (χ2v) is 4.08. The molecule has 2 N–H and O–H groups in total. The van der Waals surface area contributed by atoms with Gasteiger partial charge in [-0.2, -0.15) is 0 Å². The van der Waals surface area contributed by atoms with Gasteiger partial charge >= 0.3 is 0 Å². The zero-order valence-electron chi connectivity index (χ0n) is 9.96. The molecule has 0 aliphatic rings. The number of aromatic amines is 1. The first-order valence-electron chi connectivity index (χ1n) is 5.60. The molecule has 0 saturated carbocycles. The van der Waals surface area contributed by atoms with Gasteiger partial charge < -0.3 is 14.9 Å². The Labute approximate surface area is 104 Å². The van der Waals surface area contributed by atoms with Crippen LogP contribution in [0.4, 0.5) is 0 Å². The second-order valence-electron chi connectivity index (χ2n) is 4.08. The van der Waals surface area contributed by atoms with Crippen LogP contribution in [0.1, 0.15) is 17.3 Å². The lowest BCUT2D eigenvalue weighted by Gasteiger charge is -2.14. The van der Waals surface area contributed by atoms with Crippen molar-refractivity contribution in [3.63, 3.8) is 0 Å². The number of pyridine rings is 1. The van der Waals surface area contributed by atoms with Crippen molar-refractivity contribution < 1.29 is 4.79 Å². The molecule has 0 spiro atoms. The van der Waals surface area contributed by atoms with Crippen LogP contribution in [0.25, 0.3) is 0 Å². The van der Waals surface area contributed by atoms with Crippen LogP contribution in [0, 0.1) is 0 Å². The molecular formula is C12H14N4O2. The molecule has 18 heavy (non-hydrogen) atoms. The van der Waals surface area contributed by atoms with E-state index in [0.29, 0.717) is 12.1 Å². The highest BCUT2D eigenvalue weighted by molar-refractivity contribution is 5.94. The van der Waals surface area contributed by atoms with Crippen molar-refractivity contribution in [1.29, 1.82) is 0 Å². The highest BCUT2D eigenvalue weighted by Gasteiger charge is 2.10. The molecular weight excluding hydrogens is 232 g/mol. The van der Waals surface area contributed by atoms with Gasteiger partial charge in [0.1, 0.15) is 0 Å². The lowest BCUT2D eigenvalue weighted by Crippen LogP contribution is -2.35. The van der Waals surface area contributed by atoms with Gasteiger partial charge in [0.15, 0.2) is 0 Å². The third-order valence-electron chi connectivity index (χ3n) is 2.46. The number of carbonyl (C=O) groups is 1. The number of aromatic nitrogens is 3. The summed E-state index contributed by atoms with van der Waals surface area (Å²) in [6.07, 6.45) is 6.66. The normalized spacial score (nSPS) is 12.1. The summed E-state index contributed by atoms with van der Waals surface area (Å²) in [5.41, 5.74) is 0.0705. The van der Waals surface area contributed by atoms with Crippen LogP contribution in [0.15, 0.2) is 41.8 Å². The zero-order chi connectivity index (χ0) is 13.0. The number of hydrogen-bond donors (Lipinski definition) is 2. The van der Waals surface area contributed by atoms with E-state index in [0.717, 1.165) is 0 Å². The van der Waals surface area contributed by atoms with Gasteiger partial charge in [0.05, 0.1) is 6.33 Å². The molecule has 1 atom stereocenters. The third-order valence-corrected chi connectivity index (χ3v) is 2.46. The molecule has 0 aliphatic heterocycles. The van der Waals surface area contributed by atoms with E-state index in [9.17, 15) is 9.59 Å². The predicted octanol–water partition coefficient (Wildman–Crippen LogP) is 0.390. The van der Waals surface area contributed by atoms with E-state index in [2.05, 4.69) is 15.3 Å². The first-order valence-corrected chi connectivity index (χ1v) is 5.60. The van der Waals surface area contributed by atoms with Crippen LogP contribution in [-0.4, -0.2) is 26.5 Å². The molecule has 94 valence electrons. The van der Waals surface area contributed by atoms with E-state index in [1.54, 1.807) is 18.6 Å². The lowest BCUT2D eigenvalue weighted by molar-refractivity contribution is 0.0936. The van der Waals surface area contributed by atoms with Gasteiger partial charge in [-0.05, 0) is 13.0 Å². The van der Waals surface area contributed by atoms with E-state index in [4.69, 9.17) is 0 Å². The number of nitrogens with one attached hydrogen (secondary N) is 2. The zero-order valence-corrected chi connectivity index (χ0v) is 9.96. The molecule has 1 amide bonds. The van der Waals surface area contributed by atoms with Crippen LogP contribution in [-0.2, 0) is 6.54 Å². The summed E-state index contributed by atoms with van der Waals surface area (Å²) in [6, 6.07) is 2.80. The van der Waals surface area contributed by atoms with Crippen LogP contribution in [0.5, 0.6) is 0 Å². The molecule has 0 aromatic carbocycles. The number of H-pyrrole nitrogens is 1. The van der Waals surface area contributed by atoms with Crippen LogP contribution >= 0.6 is 0 Å². The maximum Gasteiger partial charge on any atom is 0.251 e. The van der Waals surface area contributed by atoms with Crippen molar-refractivity contribution in [2.75, 3.05) is 0 Å². The molecule has 0 radical (unpaired) electrons. The molecule has 2 heterocycles. The molecule has 6 heteroatoms. The third kappa shape index (κ3) is 3.07. The van der Waals surface area contributed by atoms with Gasteiger partial charge in [-0.15, -0.1) is 0 Å². The quantitative estimate of drug-likeness (QED) is 0.819. The van der Waals surface area contributed by atoms with Crippen LogP contribution < -0.4 is 10.9 Å². The van der Waals surface area contributed by atoms with Crippen molar-refractivity contribution in [2.45, 2.75) is 19.5 Å². The van der Waals surface area contributed by atoms with E-state index >= 15 is 0 Å². The maximum atomic E-state index is 11.8. The van der Waals surface area contributed by atoms with E-state index in [1.165, 1.54) is 12.3 Å². The van der Waals surface area contributed by atoms with E-state index in [1.807, 2.05) is 17.7 Å².